The van der Waals surface area contributed by atoms with E-state index < -0.39 is 0 Å². The molecular weight excluding hydrogens is 384 g/mol. The summed E-state index contributed by atoms with van der Waals surface area (Å²) in [4.78, 5) is 8.10. The Morgan fingerprint density at radius 2 is 1.83 bits per heavy atom. The standard InChI is InChI=1S/C24H22N2O2.ClH/c1-4-7-16-13-25-24(23-22(16)14(2)15(3)26-23)27-17-10-11-21-19(12-17)18-8-5-6-9-20(18)28-21;/h5-6,8-13,26H,4,7H2,1-3H3;1H. The minimum atomic E-state index is 0. The smallest absolute Gasteiger partial charge is 0.243 e. The fourth-order valence-electron chi connectivity index (χ4n) is 3.96. The highest BCUT2D eigenvalue weighted by Crippen LogP contribution is 2.36. The Hall–Kier alpha value is -2.98. The van der Waals surface area contributed by atoms with Gasteiger partial charge in [-0.1, -0.05) is 31.5 Å². The second kappa shape index (κ2) is 7.45. The van der Waals surface area contributed by atoms with Crippen LogP contribution in [0.1, 0.15) is 30.2 Å². The molecule has 0 saturated carbocycles. The SMILES string of the molecule is CCCc1cnc(Oc2ccc3oc4ccccc4c3c2)c2[nH]c(C)c(C)c12.Cl. The highest BCUT2D eigenvalue weighted by molar-refractivity contribution is 6.05. The highest BCUT2D eigenvalue weighted by Gasteiger charge is 2.16. The maximum atomic E-state index is 6.24. The number of aromatic nitrogens is 2. The lowest BCUT2D eigenvalue weighted by atomic mass is 10.0. The minimum Gasteiger partial charge on any atom is -0.456 e. The van der Waals surface area contributed by atoms with Gasteiger partial charge in [0.05, 0.1) is 0 Å². The summed E-state index contributed by atoms with van der Waals surface area (Å²) in [6.07, 6.45) is 4.05. The van der Waals surface area contributed by atoms with Crippen LogP contribution < -0.4 is 4.74 Å². The number of para-hydroxylation sites is 1. The Balaban J connectivity index is 0.00000205. The number of aromatic amines is 1. The third kappa shape index (κ3) is 3.14. The number of rotatable bonds is 4. The summed E-state index contributed by atoms with van der Waals surface area (Å²) in [5.74, 6) is 1.36. The summed E-state index contributed by atoms with van der Waals surface area (Å²) in [6, 6.07) is 14.0. The number of benzene rings is 2. The van der Waals surface area contributed by atoms with Gasteiger partial charge in [-0.3, -0.25) is 0 Å². The van der Waals surface area contributed by atoms with Crippen molar-refractivity contribution in [2.24, 2.45) is 0 Å². The number of aryl methyl sites for hydroxylation is 3. The molecular formula is C24H23ClN2O2. The molecule has 0 amide bonds. The molecule has 0 aliphatic rings. The fraction of sp³-hybridized carbons (Fsp3) is 0.208. The Labute approximate surface area is 175 Å². The molecule has 148 valence electrons. The topological polar surface area (TPSA) is 51.1 Å². The van der Waals surface area contributed by atoms with Crippen molar-refractivity contribution in [3.8, 4) is 11.6 Å². The van der Waals surface area contributed by atoms with Crippen LogP contribution >= 0.6 is 12.4 Å². The number of fused-ring (bicyclic) bond motifs is 4. The monoisotopic (exact) mass is 406 g/mol. The number of ether oxygens (including phenoxy) is 1. The van der Waals surface area contributed by atoms with Gasteiger partial charge in [0.1, 0.15) is 22.4 Å². The third-order valence-corrected chi connectivity index (χ3v) is 5.45. The van der Waals surface area contributed by atoms with Gasteiger partial charge in [0.2, 0.25) is 5.88 Å². The van der Waals surface area contributed by atoms with E-state index in [0.29, 0.717) is 5.88 Å². The van der Waals surface area contributed by atoms with Crippen molar-refractivity contribution < 1.29 is 9.15 Å². The van der Waals surface area contributed by atoms with E-state index in [4.69, 9.17) is 9.15 Å². The van der Waals surface area contributed by atoms with Crippen molar-refractivity contribution in [2.75, 3.05) is 0 Å². The van der Waals surface area contributed by atoms with E-state index >= 15 is 0 Å². The molecule has 0 unspecified atom stereocenters. The molecule has 29 heavy (non-hydrogen) atoms. The predicted octanol–water partition coefficient (Wildman–Crippen LogP) is 7.25. The van der Waals surface area contributed by atoms with Crippen molar-refractivity contribution in [3.63, 3.8) is 0 Å². The summed E-state index contributed by atoms with van der Waals surface area (Å²) >= 11 is 0. The average Bonchev–Trinajstić information content (AvgIpc) is 3.22. The van der Waals surface area contributed by atoms with E-state index in [2.05, 4.69) is 36.8 Å². The van der Waals surface area contributed by atoms with Crippen molar-refractivity contribution in [1.29, 1.82) is 0 Å². The van der Waals surface area contributed by atoms with Crippen LogP contribution in [0.4, 0.5) is 0 Å². The number of nitrogens with one attached hydrogen (secondary N) is 1. The molecule has 1 N–H and O–H groups in total. The largest absolute Gasteiger partial charge is 0.456 e. The zero-order chi connectivity index (χ0) is 19.3. The van der Waals surface area contributed by atoms with Gasteiger partial charge in [-0.25, -0.2) is 4.98 Å². The molecule has 3 heterocycles. The normalized spacial score (nSPS) is 11.3. The van der Waals surface area contributed by atoms with Crippen molar-refractivity contribution >= 4 is 45.2 Å². The maximum absolute atomic E-state index is 6.24. The molecule has 0 bridgehead atoms. The molecule has 3 aromatic heterocycles. The minimum absolute atomic E-state index is 0. The van der Waals surface area contributed by atoms with Crippen molar-refractivity contribution in [3.05, 3.63) is 65.5 Å². The molecule has 0 radical (unpaired) electrons. The quantitative estimate of drug-likeness (QED) is 0.342. The molecule has 0 spiro atoms. The van der Waals surface area contributed by atoms with E-state index in [1.807, 2.05) is 42.6 Å². The van der Waals surface area contributed by atoms with Crippen LogP contribution in [0.2, 0.25) is 0 Å². The van der Waals surface area contributed by atoms with Crippen LogP contribution in [0.5, 0.6) is 11.6 Å². The predicted molar refractivity (Wildman–Crippen MR) is 121 cm³/mol. The van der Waals surface area contributed by atoms with Crippen LogP contribution in [0.15, 0.2) is 53.1 Å². The van der Waals surface area contributed by atoms with E-state index in [9.17, 15) is 0 Å². The van der Waals surface area contributed by atoms with Gasteiger partial charge in [-0.05, 0) is 55.7 Å². The lowest BCUT2D eigenvalue weighted by molar-refractivity contribution is 0.468. The molecule has 5 heteroatoms. The Morgan fingerprint density at radius 3 is 2.66 bits per heavy atom. The van der Waals surface area contributed by atoms with Crippen LogP contribution in [-0.2, 0) is 6.42 Å². The molecule has 0 fully saturated rings. The van der Waals surface area contributed by atoms with Crippen LogP contribution in [0.3, 0.4) is 0 Å². The fourth-order valence-corrected chi connectivity index (χ4v) is 3.96. The van der Waals surface area contributed by atoms with Crippen LogP contribution in [-0.4, -0.2) is 9.97 Å². The van der Waals surface area contributed by atoms with Crippen molar-refractivity contribution in [1.82, 2.24) is 9.97 Å². The number of halogens is 1. The highest BCUT2D eigenvalue weighted by atomic mass is 35.5. The Morgan fingerprint density at radius 1 is 1.03 bits per heavy atom. The maximum Gasteiger partial charge on any atom is 0.243 e. The Kier molecular flexibility index (Phi) is 4.97. The van der Waals surface area contributed by atoms with Gasteiger partial charge in [-0.2, -0.15) is 0 Å². The first kappa shape index (κ1) is 19.3. The number of H-pyrrole nitrogens is 1. The van der Waals surface area contributed by atoms with Gasteiger partial charge in [0.25, 0.3) is 0 Å². The molecule has 5 aromatic rings. The molecule has 5 rings (SSSR count). The molecule has 0 saturated heterocycles. The van der Waals surface area contributed by atoms with Gasteiger partial charge in [-0.15, -0.1) is 12.4 Å². The summed E-state index contributed by atoms with van der Waals surface area (Å²) in [5, 5.41) is 3.37. The van der Waals surface area contributed by atoms with Gasteiger partial charge in [0.15, 0.2) is 0 Å². The van der Waals surface area contributed by atoms with E-state index in [0.717, 1.165) is 51.7 Å². The molecule has 4 nitrogen and oxygen atoms in total. The first-order valence-corrected chi connectivity index (χ1v) is 9.71. The second-order valence-corrected chi connectivity index (χ2v) is 7.32. The number of nitrogens with zero attached hydrogens (tertiary/aromatic N) is 1. The van der Waals surface area contributed by atoms with E-state index in [1.165, 1.54) is 16.5 Å². The molecule has 0 aliphatic carbocycles. The average molecular weight is 407 g/mol. The first-order chi connectivity index (χ1) is 13.7. The van der Waals surface area contributed by atoms with Crippen LogP contribution in [0.25, 0.3) is 32.8 Å². The lowest BCUT2D eigenvalue weighted by Gasteiger charge is -2.09. The van der Waals surface area contributed by atoms with Gasteiger partial charge in [0, 0.05) is 28.0 Å². The lowest BCUT2D eigenvalue weighted by Crippen LogP contribution is -1.93. The summed E-state index contributed by atoms with van der Waals surface area (Å²) in [5.41, 5.74) is 6.40. The molecule has 0 atom stereocenters. The summed E-state index contributed by atoms with van der Waals surface area (Å²) in [7, 11) is 0. The van der Waals surface area contributed by atoms with E-state index in [-0.39, 0.29) is 12.4 Å². The Bertz CT molecular complexity index is 1330. The summed E-state index contributed by atoms with van der Waals surface area (Å²) < 4.78 is 12.1. The van der Waals surface area contributed by atoms with Gasteiger partial charge < -0.3 is 14.1 Å². The second-order valence-electron chi connectivity index (χ2n) is 7.32. The van der Waals surface area contributed by atoms with E-state index in [1.54, 1.807) is 0 Å². The zero-order valence-electron chi connectivity index (χ0n) is 16.7. The van der Waals surface area contributed by atoms with Crippen molar-refractivity contribution in [2.45, 2.75) is 33.6 Å². The zero-order valence-corrected chi connectivity index (χ0v) is 17.5. The van der Waals surface area contributed by atoms with Crippen LogP contribution in [0, 0.1) is 13.8 Å². The number of pyridine rings is 1. The number of hydrogen-bond acceptors (Lipinski definition) is 3. The van der Waals surface area contributed by atoms with Gasteiger partial charge >= 0.3 is 0 Å². The molecule has 0 aliphatic heterocycles. The molecule has 2 aromatic carbocycles. The number of furan rings is 1. The third-order valence-electron chi connectivity index (χ3n) is 5.45. The first-order valence-electron chi connectivity index (χ1n) is 9.71. The number of hydrogen-bond donors (Lipinski definition) is 1. The summed E-state index contributed by atoms with van der Waals surface area (Å²) in [6.45, 7) is 6.44.